The Balaban J connectivity index is 0.00000240. The van der Waals surface area contributed by atoms with Crippen molar-refractivity contribution in [3.8, 4) is 5.75 Å². The number of rotatable bonds is 5. The van der Waals surface area contributed by atoms with Crippen molar-refractivity contribution in [2.75, 3.05) is 20.3 Å². The molecule has 0 radical (unpaired) electrons. The second kappa shape index (κ2) is 9.36. The molecule has 3 aromatic rings. The highest BCUT2D eigenvalue weighted by Crippen LogP contribution is 2.37. The van der Waals surface area contributed by atoms with Gasteiger partial charge in [0.1, 0.15) is 25.2 Å². The lowest BCUT2D eigenvalue weighted by atomic mass is 9.86. The molecule has 0 atom stereocenters. The minimum absolute atomic E-state index is 0. The molecular formula is C23H25FINO3. The zero-order valence-corrected chi connectivity index (χ0v) is 18.8. The number of benzene rings is 2. The number of aromatic nitrogens is 1. The Hall–Kier alpha value is -1.77. The molecule has 29 heavy (non-hydrogen) atoms. The molecule has 6 heteroatoms. The molecule has 1 aliphatic rings. The summed E-state index contributed by atoms with van der Waals surface area (Å²) in [6, 6.07) is 15.2. The molecule has 0 unspecified atom stereocenters. The van der Waals surface area contributed by atoms with Crippen LogP contribution in [0, 0.1) is 5.82 Å². The molecule has 0 aliphatic carbocycles. The van der Waals surface area contributed by atoms with E-state index in [1.807, 2.05) is 31.4 Å². The summed E-state index contributed by atoms with van der Waals surface area (Å²) in [5, 5.41) is 1.14. The summed E-state index contributed by atoms with van der Waals surface area (Å²) in [4.78, 5) is 0. The van der Waals surface area contributed by atoms with Gasteiger partial charge in [0.2, 0.25) is 5.52 Å². The van der Waals surface area contributed by atoms with E-state index in [1.165, 1.54) is 12.1 Å². The summed E-state index contributed by atoms with van der Waals surface area (Å²) >= 11 is 0. The Kier molecular flexibility index (Phi) is 7.08. The Labute approximate surface area is 187 Å². The van der Waals surface area contributed by atoms with Crippen molar-refractivity contribution in [2.24, 2.45) is 7.05 Å². The largest absolute Gasteiger partial charge is 1.00 e. The van der Waals surface area contributed by atoms with Gasteiger partial charge < -0.3 is 38.2 Å². The molecule has 1 saturated heterocycles. The Morgan fingerprint density at radius 3 is 2.66 bits per heavy atom. The fraction of sp³-hybridized carbons (Fsp3) is 0.348. The van der Waals surface area contributed by atoms with Gasteiger partial charge in [0, 0.05) is 56.8 Å². The van der Waals surface area contributed by atoms with Crippen molar-refractivity contribution in [2.45, 2.75) is 25.0 Å². The van der Waals surface area contributed by atoms with Crippen molar-refractivity contribution in [1.82, 2.24) is 0 Å². The summed E-state index contributed by atoms with van der Waals surface area (Å²) in [7, 11) is 3.69. The molecule has 1 aliphatic heterocycles. The van der Waals surface area contributed by atoms with Crippen LogP contribution < -0.4 is 33.3 Å². The number of pyridine rings is 1. The summed E-state index contributed by atoms with van der Waals surface area (Å²) < 4.78 is 33.6. The highest BCUT2D eigenvalue weighted by Gasteiger charge is 2.35. The Bertz CT molecular complexity index is 989. The van der Waals surface area contributed by atoms with E-state index in [0.29, 0.717) is 38.4 Å². The minimum atomic E-state index is -0.518. The lowest BCUT2D eigenvalue weighted by Crippen LogP contribution is -3.00. The lowest BCUT2D eigenvalue weighted by Gasteiger charge is -2.36. The summed E-state index contributed by atoms with van der Waals surface area (Å²) in [6.07, 6.45) is 3.43. The molecule has 0 saturated carbocycles. The van der Waals surface area contributed by atoms with Crippen LogP contribution in [0.1, 0.15) is 24.0 Å². The quantitative estimate of drug-likeness (QED) is 0.381. The van der Waals surface area contributed by atoms with Crippen LogP contribution in [0.25, 0.3) is 10.9 Å². The molecule has 0 bridgehead atoms. The van der Waals surface area contributed by atoms with Crippen molar-refractivity contribution >= 4 is 10.9 Å². The number of hydrogen-bond acceptors (Lipinski definition) is 3. The van der Waals surface area contributed by atoms with Gasteiger partial charge in [0.25, 0.3) is 0 Å². The zero-order valence-electron chi connectivity index (χ0n) is 16.7. The van der Waals surface area contributed by atoms with Crippen molar-refractivity contribution in [3.63, 3.8) is 0 Å². The van der Waals surface area contributed by atoms with Crippen molar-refractivity contribution in [1.29, 1.82) is 0 Å². The highest BCUT2D eigenvalue weighted by molar-refractivity contribution is 5.76. The summed E-state index contributed by atoms with van der Waals surface area (Å²) in [5.41, 5.74) is 2.48. The first-order valence-corrected chi connectivity index (χ1v) is 9.54. The zero-order chi connectivity index (χ0) is 19.6. The molecule has 2 heterocycles. The fourth-order valence-corrected chi connectivity index (χ4v) is 3.89. The van der Waals surface area contributed by atoms with Crippen LogP contribution in [-0.4, -0.2) is 20.3 Å². The molecule has 0 N–H and O–H groups in total. The van der Waals surface area contributed by atoms with Gasteiger partial charge >= 0.3 is 0 Å². The highest BCUT2D eigenvalue weighted by atomic mass is 127. The molecule has 4 rings (SSSR count). The third kappa shape index (κ3) is 4.70. The number of halogens is 2. The van der Waals surface area contributed by atoms with Gasteiger partial charge in [-0.15, -0.1) is 0 Å². The van der Waals surface area contributed by atoms with E-state index in [4.69, 9.17) is 14.2 Å². The second-order valence-corrected chi connectivity index (χ2v) is 7.29. The molecule has 1 aromatic heterocycles. The van der Waals surface area contributed by atoms with Crippen molar-refractivity contribution in [3.05, 3.63) is 71.7 Å². The van der Waals surface area contributed by atoms with E-state index in [0.717, 1.165) is 22.0 Å². The molecule has 0 spiro atoms. The Morgan fingerprint density at radius 1 is 1.10 bits per heavy atom. The SMILES string of the molecule is COC1(c2cc(F)cc(OCc3ccc4c(ccc[n+]4C)c3)c2)CCOCC1.[I-]. The molecule has 2 aromatic carbocycles. The average Bonchev–Trinajstić information content (AvgIpc) is 2.72. The van der Waals surface area contributed by atoms with Crippen LogP contribution in [0.2, 0.25) is 0 Å². The molecular weight excluding hydrogens is 484 g/mol. The van der Waals surface area contributed by atoms with E-state index in [-0.39, 0.29) is 29.8 Å². The first-order valence-electron chi connectivity index (χ1n) is 9.54. The van der Waals surface area contributed by atoms with Gasteiger partial charge in [-0.25, -0.2) is 8.96 Å². The predicted octanol–water partition coefficient (Wildman–Crippen LogP) is 1.04. The monoisotopic (exact) mass is 509 g/mol. The van der Waals surface area contributed by atoms with Crippen LogP contribution in [-0.2, 0) is 28.7 Å². The van der Waals surface area contributed by atoms with Gasteiger partial charge in [-0.1, -0.05) is 0 Å². The van der Waals surface area contributed by atoms with E-state index < -0.39 is 5.60 Å². The van der Waals surface area contributed by atoms with Crippen LogP contribution >= 0.6 is 0 Å². The van der Waals surface area contributed by atoms with E-state index in [2.05, 4.69) is 22.8 Å². The smallest absolute Gasteiger partial charge is 0.212 e. The minimum Gasteiger partial charge on any atom is -1.00 e. The molecule has 154 valence electrons. The number of ether oxygens (including phenoxy) is 3. The fourth-order valence-electron chi connectivity index (χ4n) is 3.89. The number of aryl methyl sites for hydroxylation is 1. The van der Waals surface area contributed by atoms with Gasteiger partial charge in [0.05, 0.1) is 5.60 Å². The molecule has 0 amide bonds. The normalized spacial score (nSPS) is 15.7. The first kappa shape index (κ1) is 21.9. The van der Waals surface area contributed by atoms with Gasteiger partial charge in [-0.3, -0.25) is 0 Å². The number of methoxy groups -OCH3 is 1. The summed E-state index contributed by atoms with van der Waals surface area (Å²) in [5.74, 6) is 0.192. The van der Waals surface area contributed by atoms with Crippen LogP contribution in [0.5, 0.6) is 5.75 Å². The third-order valence-electron chi connectivity index (χ3n) is 5.55. The van der Waals surface area contributed by atoms with Crippen LogP contribution in [0.3, 0.4) is 0 Å². The van der Waals surface area contributed by atoms with Crippen LogP contribution in [0.15, 0.2) is 54.7 Å². The standard InChI is InChI=1S/C23H25FNO3.HI/c1-25-9-3-4-18-12-17(5-6-22(18)25)16-28-21-14-19(13-20(24)15-21)23(26-2)7-10-27-11-8-23;/h3-6,9,12-15H,7-8,10-11,16H2,1-2H3;1H/q+1;/p-1. The van der Waals surface area contributed by atoms with E-state index in [1.54, 1.807) is 7.11 Å². The summed E-state index contributed by atoms with van der Waals surface area (Å²) in [6.45, 7) is 1.59. The topological polar surface area (TPSA) is 31.6 Å². The maximum absolute atomic E-state index is 14.3. The third-order valence-corrected chi connectivity index (χ3v) is 5.55. The molecule has 4 nitrogen and oxygen atoms in total. The van der Waals surface area contributed by atoms with Gasteiger partial charge in [0.15, 0.2) is 6.20 Å². The van der Waals surface area contributed by atoms with Crippen molar-refractivity contribution < 1.29 is 47.1 Å². The average molecular weight is 509 g/mol. The van der Waals surface area contributed by atoms with E-state index in [9.17, 15) is 4.39 Å². The molecule has 1 fully saturated rings. The number of hydrogen-bond donors (Lipinski definition) is 0. The van der Waals surface area contributed by atoms with E-state index >= 15 is 0 Å². The van der Waals surface area contributed by atoms with Gasteiger partial charge in [-0.05, 0) is 41.5 Å². The van der Waals surface area contributed by atoms with Gasteiger partial charge in [-0.2, -0.15) is 0 Å². The predicted molar refractivity (Wildman–Crippen MR) is 105 cm³/mol. The second-order valence-electron chi connectivity index (χ2n) is 7.29. The first-order chi connectivity index (χ1) is 13.6. The van der Waals surface area contributed by atoms with Crippen LogP contribution in [0.4, 0.5) is 4.39 Å². The maximum Gasteiger partial charge on any atom is 0.212 e. The Morgan fingerprint density at radius 2 is 1.90 bits per heavy atom. The number of fused-ring (bicyclic) bond motifs is 1. The lowest BCUT2D eigenvalue weighted by molar-refractivity contribution is -0.644. The number of nitrogens with zero attached hydrogens (tertiary/aromatic N) is 1. The maximum atomic E-state index is 14.3.